The van der Waals surface area contributed by atoms with Crippen LogP contribution in [0.25, 0.3) is 0 Å². The lowest BCUT2D eigenvalue weighted by atomic mass is 10.2. The van der Waals surface area contributed by atoms with Crippen molar-refractivity contribution in [1.29, 1.82) is 0 Å². The third-order valence-electron chi connectivity index (χ3n) is 2.46. The van der Waals surface area contributed by atoms with E-state index in [2.05, 4.69) is 37.2 Å². The van der Waals surface area contributed by atoms with Crippen molar-refractivity contribution in [2.24, 2.45) is 0 Å². The van der Waals surface area contributed by atoms with Gasteiger partial charge in [0, 0.05) is 14.5 Å². The third-order valence-corrected chi connectivity index (χ3v) is 4.13. The molecular weight excluding hydrogens is 395 g/mol. The van der Waals surface area contributed by atoms with Crippen molar-refractivity contribution < 1.29 is 4.79 Å². The summed E-state index contributed by atoms with van der Waals surface area (Å²) in [6.07, 6.45) is 0. The maximum Gasteiger partial charge on any atom is 0.255 e. The van der Waals surface area contributed by atoms with Crippen LogP contribution in [0.1, 0.15) is 10.4 Å². The molecule has 0 aliphatic heterocycles. The Balaban J connectivity index is 2.28. The van der Waals surface area contributed by atoms with E-state index in [4.69, 9.17) is 17.3 Å². The molecule has 0 fully saturated rings. The molecule has 1 amide bonds. The SMILES string of the molecule is Nc1cc(C(=O)Nc2c(Br)cccc2Br)ccc1Cl. The van der Waals surface area contributed by atoms with Crippen molar-refractivity contribution in [1.82, 2.24) is 0 Å². The zero-order valence-corrected chi connectivity index (χ0v) is 13.5. The Morgan fingerprint density at radius 3 is 2.37 bits per heavy atom. The molecular formula is C13H9Br2ClN2O. The van der Waals surface area contributed by atoms with Crippen LogP contribution in [0.5, 0.6) is 0 Å². The normalized spacial score (nSPS) is 10.3. The summed E-state index contributed by atoms with van der Waals surface area (Å²) in [5, 5.41) is 3.24. The zero-order valence-electron chi connectivity index (χ0n) is 9.58. The summed E-state index contributed by atoms with van der Waals surface area (Å²) >= 11 is 12.6. The molecule has 19 heavy (non-hydrogen) atoms. The molecule has 3 N–H and O–H groups in total. The topological polar surface area (TPSA) is 55.1 Å². The van der Waals surface area contributed by atoms with Crippen LogP contribution in [0.3, 0.4) is 0 Å². The van der Waals surface area contributed by atoms with E-state index >= 15 is 0 Å². The fourth-order valence-corrected chi connectivity index (χ4v) is 2.80. The van der Waals surface area contributed by atoms with Gasteiger partial charge >= 0.3 is 0 Å². The van der Waals surface area contributed by atoms with Crippen LogP contribution in [-0.2, 0) is 0 Å². The summed E-state index contributed by atoms with van der Waals surface area (Å²) in [4.78, 5) is 12.1. The molecule has 2 aromatic carbocycles. The van der Waals surface area contributed by atoms with E-state index in [9.17, 15) is 4.79 Å². The highest BCUT2D eigenvalue weighted by molar-refractivity contribution is 9.11. The minimum absolute atomic E-state index is 0.254. The molecule has 0 atom stereocenters. The Hall–Kier alpha value is -1.04. The first-order chi connectivity index (χ1) is 8.99. The summed E-state index contributed by atoms with van der Waals surface area (Å²) in [5.74, 6) is -0.254. The van der Waals surface area contributed by atoms with Gasteiger partial charge in [-0.15, -0.1) is 0 Å². The second kappa shape index (κ2) is 5.94. The summed E-state index contributed by atoms with van der Waals surface area (Å²) in [6, 6.07) is 10.3. The van der Waals surface area contributed by atoms with Crippen LogP contribution in [0.2, 0.25) is 5.02 Å². The van der Waals surface area contributed by atoms with Gasteiger partial charge in [0.05, 0.1) is 16.4 Å². The largest absolute Gasteiger partial charge is 0.398 e. The molecule has 98 valence electrons. The van der Waals surface area contributed by atoms with Crippen molar-refractivity contribution in [2.45, 2.75) is 0 Å². The van der Waals surface area contributed by atoms with Gasteiger partial charge in [-0.1, -0.05) is 17.7 Å². The third kappa shape index (κ3) is 3.29. The molecule has 0 spiro atoms. The molecule has 0 saturated heterocycles. The predicted molar refractivity (Wildman–Crippen MR) is 85.7 cm³/mol. The molecule has 0 heterocycles. The van der Waals surface area contributed by atoms with Crippen LogP contribution in [0, 0.1) is 0 Å². The lowest BCUT2D eigenvalue weighted by molar-refractivity contribution is 0.102. The van der Waals surface area contributed by atoms with Crippen LogP contribution in [0.4, 0.5) is 11.4 Å². The molecule has 0 bridgehead atoms. The highest BCUT2D eigenvalue weighted by Gasteiger charge is 2.11. The Morgan fingerprint density at radius 2 is 1.79 bits per heavy atom. The number of benzene rings is 2. The Bertz CT molecular complexity index is 626. The van der Waals surface area contributed by atoms with E-state index in [1.807, 2.05) is 18.2 Å². The average molecular weight is 404 g/mol. The van der Waals surface area contributed by atoms with Gasteiger partial charge in [0.1, 0.15) is 0 Å². The highest BCUT2D eigenvalue weighted by Crippen LogP contribution is 2.31. The minimum atomic E-state index is -0.254. The van der Waals surface area contributed by atoms with E-state index < -0.39 is 0 Å². The van der Waals surface area contributed by atoms with E-state index in [1.165, 1.54) is 0 Å². The molecule has 0 saturated carbocycles. The Labute approximate surface area is 132 Å². The Kier molecular flexibility index (Phi) is 4.50. The summed E-state index contributed by atoms with van der Waals surface area (Å²) < 4.78 is 1.58. The molecule has 0 radical (unpaired) electrons. The number of nitrogen functional groups attached to an aromatic ring is 1. The van der Waals surface area contributed by atoms with Gasteiger partial charge in [-0.3, -0.25) is 4.79 Å². The van der Waals surface area contributed by atoms with Crippen molar-refractivity contribution in [3.05, 3.63) is 55.9 Å². The number of rotatable bonds is 2. The van der Waals surface area contributed by atoms with Crippen molar-refractivity contribution in [3.63, 3.8) is 0 Å². The quantitative estimate of drug-likeness (QED) is 0.713. The van der Waals surface area contributed by atoms with Gasteiger partial charge in [-0.25, -0.2) is 0 Å². The van der Waals surface area contributed by atoms with Crippen molar-refractivity contribution >= 4 is 60.7 Å². The highest BCUT2D eigenvalue weighted by atomic mass is 79.9. The lowest BCUT2D eigenvalue weighted by Gasteiger charge is -2.10. The monoisotopic (exact) mass is 402 g/mol. The summed E-state index contributed by atoms with van der Waals surface area (Å²) in [6.45, 7) is 0. The second-order valence-electron chi connectivity index (χ2n) is 3.79. The first kappa shape index (κ1) is 14.4. The lowest BCUT2D eigenvalue weighted by Crippen LogP contribution is -2.13. The fraction of sp³-hybridized carbons (Fsp3) is 0. The van der Waals surface area contributed by atoms with E-state index in [-0.39, 0.29) is 5.91 Å². The summed E-state index contributed by atoms with van der Waals surface area (Å²) in [7, 11) is 0. The number of amides is 1. The number of hydrogen-bond acceptors (Lipinski definition) is 2. The summed E-state index contributed by atoms with van der Waals surface area (Å²) in [5.41, 5.74) is 7.17. The number of hydrogen-bond donors (Lipinski definition) is 2. The van der Waals surface area contributed by atoms with Crippen LogP contribution >= 0.6 is 43.5 Å². The average Bonchev–Trinajstić information content (AvgIpc) is 2.37. The molecule has 3 nitrogen and oxygen atoms in total. The smallest absolute Gasteiger partial charge is 0.255 e. The maximum absolute atomic E-state index is 12.1. The predicted octanol–water partition coefficient (Wildman–Crippen LogP) is 4.70. The zero-order chi connectivity index (χ0) is 14.0. The van der Waals surface area contributed by atoms with Crippen LogP contribution in [-0.4, -0.2) is 5.91 Å². The van der Waals surface area contributed by atoms with Gasteiger partial charge in [-0.2, -0.15) is 0 Å². The van der Waals surface area contributed by atoms with Crippen LogP contribution in [0.15, 0.2) is 45.3 Å². The molecule has 2 rings (SSSR count). The van der Waals surface area contributed by atoms with Crippen LogP contribution < -0.4 is 11.1 Å². The van der Waals surface area contributed by atoms with Crippen molar-refractivity contribution in [2.75, 3.05) is 11.1 Å². The van der Waals surface area contributed by atoms with E-state index in [0.717, 1.165) is 8.95 Å². The number of nitrogens with one attached hydrogen (secondary N) is 1. The number of para-hydroxylation sites is 1. The molecule has 0 aliphatic rings. The second-order valence-corrected chi connectivity index (χ2v) is 5.90. The number of anilines is 2. The number of carbonyl (C=O) groups excluding carboxylic acids is 1. The standard InChI is InChI=1S/C13H9Br2ClN2O/c14-8-2-1-3-9(15)12(8)18-13(19)7-4-5-10(16)11(17)6-7/h1-6H,17H2,(H,18,19). The molecule has 2 aromatic rings. The molecule has 0 aliphatic carbocycles. The molecule has 6 heteroatoms. The first-order valence-electron chi connectivity index (χ1n) is 5.29. The maximum atomic E-state index is 12.1. The first-order valence-corrected chi connectivity index (χ1v) is 7.26. The Morgan fingerprint density at radius 1 is 1.16 bits per heavy atom. The molecule has 0 unspecified atom stereocenters. The van der Waals surface area contributed by atoms with E-state index in [0.29, 0.717) is 22.0 Å². The van der Waals surface area contributed by atoms with Gasteiger partial charge in [0.2, 0.25) is 0 Å². The number of carbonyl (C=O) groups is 1. The van der Waals surface area contributed by atoms with Gasteiger partial charge in [-0.05, 0) is 62.2 Å². The molecule has 0 aromatic heterocycles. The number of halogens is 3. The van der Waals surface area contributed by atoms with Gasteiger partial charge in [0.25, 0.3) is 5.91 Å². The fourth-order valence-electron chi connectivity index (χ4n) is 1.49. The van der Waals surface area contributed by atoms with Crippen molar-refractivity contribution in [3.8, 4) is 0 Å². The van der Waals surface area contributed by atoms with E-state index in [1.54, 1.807) is 18.2 Å². The minimum Gasteiger partial charge on any atom is -0.398 e. The van der Waals surface area contributed by atoms with Gasteiger partial charge < -0.3 is 11.1 Å². The van der Waals surface area contributed by atoms with Gasteiger partial charge in [0.15, 0.2) is 0 Å². The number of nitrogens with two attached hydrogens (primary N) is 1.